The van der Waals surface area contributed by atoms with Crippen LogP contribution in [0.15, 0.2) is 10.5 Å². The molecule has 0 unspecified atom stereocenters. The second-order valence-electron chi connectivity index (χ2n) is 5.71. The van der Waals surface area contributed by atoms with Gasteiger partial charge in [-0.3, -0.25) is 4.79 Å². The standard InChI is InChI=1S/C15H19BrO4/c1-9-10(8-15(2,3)14(17)18)11(16)7-12-13(9)20-6-4-5-19-12/h7H,4-6,8H2,1-3H3,(H,17,18). The third-order valence-electron chi connectivity index (χ3n) is 3.55. The van der Waals surface area contributed by atoms with Gasteiger partial charge in [0, 0.05) is 10.9 Å². The molecule has 1 aromatic carbocycles. The first-order valence-electron chi connectivity index (χ1n) is 6.64. The molecule has 20 heavy (non-hydrogen) atoms. The summed E-state index contributed by atoms with van der Waals surface area (Å²) in [6, 6.07) is 1.88. The van der Waals surface area contributed by atoms with Crippen molar-refractivity contribution in [3.63, 3.8) is 0 Å². The SMILES string of the molecule is Cc1c(CC(C)(C)C(=O)O)c(Br)cc2c1OCCCO2. The summed E-state index contributed by atoms with van der Waals surface area (Å²) in [7, 11) is 0. The maximum Gasteiger partial charge on any atom is 0.309 e. The molecule has 0 saturated carbocycles. The first kappa shape index (κ1) is 15.2. The average Bonchev–Trinajstić information content (AvgIpc) is 2.59. The van der Waals surface area contributed by atoms with Crippen LogP contribution in [0.1, 0.15) is 31.4 Å². The van der Waals surface area contributed by atoms with Crippen LogP contribution < -0.4 is 9.47 Å². The maximum absolute atomic E-state index is 11.3. The zero-order valence-electron chi connectivity index (χ0n) is 12.0. The fourth-order valence-corrected chi connectivity index (χ4v) is 2.85. The van der Waals surface area contributed by atoms with Gasteiger partial charge in [-0.15, -0.1) is 0 Å². The summed E-state index contributed by atoms with van der Waals surface area (Å²) < 4.78 is 12.3. The van der Waals surface area contributed by atoms with Crippen molar-refractivity contribution >= 4 is 21.9 Å². The molecule has 4 nitrogen and oxygen atoms in total. The number of hydrogen-bond acceptors (Lipinski definition) is 3. The van der Waals surface area contributed by atoms with Gasteiger partial charge in [0.15, 0.2) is 11.5 Å². The Labute approximate surface area is 127 Å². The van der Waals surface area contributed by atoms with E-state index in [-0.39, 0.29) is 0 Å². The van der Waals surface area contributed by atoms with Crippen LogP contribution in [0.25, 0.3) is 0 Å². The quantitative estimate of drug-likeness (QED) is 0.912. The molecule has 0 saturated heterocycles. The van der Waals surface area contributed by atoms with E-state index in [0.717, 1.165) is 33.5 Å². The molecular weight excluding hydrogens is 324 g/mol. The zero-order valence-corrected chi connectivity index (χ0v) is 13.5. The number of fused-ring (bicyclic) bond motifs is 1. The Morgan fingerprint density at radius 2 is 2.05 bits per heavy atom. The van der Waals surface area contributed by atoms with Crippen molar-refractivity contribution in [2.75, 3.05) is 13.2 Å². The molecule has 0 aliphatic carbocycles. The van der Waals surface area contributed by atoms with Gasteiger partial charge in [0.25, 0.3) is 0 Å². The Morgan fingerprint density at radius 1 is 1.40 bits per heavy atom. The minimum absolute atomic E-state index is 0.436. The second kappa shape index (κ2) is 5.64. The number of benzene rings is 1. The summed E-state index contributed by atoms with van der Waals surface area (Å²) >= 11 is 3.53. The molecule has 0 spiro atoms. The van der Waals surface area contributed by atoms with Crippen LogP contribution in [0, 0.1) is 12.3 Å². The Kier molecular flexibility index (Phi) is 4.28. The largest absolute Gasteiger partial charge is 0.490 e. The lowest BCUT2D eigenvalue weighted by Gasteiger charge is -2.23. The van der Waals surface area contributed by atoms with E-state index in [0.29, 0.717) is 19.6 Å². The number of ether oxygens (including phenoxy) is 2. The summed E-state index contributed by atoms with van der Waals surface area (Å²) in [6.07, 6.45) is 1.28. The molecule has 1 aliphatic rings. The topological polar surface area (TPSA) is 55.8 Å². The molecule has 1 heterocycles. The van der Waals surface area contributed by atoms with Crippen molar-refractivity contribution in [1.82, 2.24) is 0 Å². The molecule has 0 atom stereocenters. The molecule has 0 amide bonds. The number of carboxylic acids is 1. The molecule has 5 heteroatoms. The highest BCUT2D eigenvalue weighted by Gasteiger charge is 2.30. The van der Waals surface area contributed by atoms with E-state index in [1.807, 2.05) is 13.0 Å². The van der Waals surface area contributed by atoms with Crippen molar-refractivity contribution < 1.29 is 19.4 Å². The van der Waals surface area contributed by atoms with Gasteiger partial charge in [-0.25, -0.2) is 0 Å². The monoisotopic (exact) mass is 342 g/mol. The predicted octanol–water partition coefficient (Wildman–Crippen LogP) is 3.57. The van der Waals surface area contributed by atoms with Gasteiger partial charge in [0.2, 0.25) is 0 Å². The molecule has 110 valence electrons. The number of hydrogen-bond donors (Lipinski definition) is 1. The average molecular weight is 343 g/mol. The third-order valence-corrected chi connectivity index (χ3v) is 4.26. The fourth-order valence-electron chi connectivity index (χ4n) is 2.21. The number of aliphatic carboxylic acids is 1. The minimum Gasteiger partial charge on any atom is -0.490 e. The van der Waals surface area contributed by atoms with Gasteiger partial charge in [-0.05, 0) is 44.4 Å². The lowest BCUT2D eigenvalue weighted by molar-refractivity contribution is -0.146. The summed E-state index contributed by atoms with van der Waals surface area (Å²) in [5, 5.41) is 9.30. The van der Waals surface area contributed by atoms with E-state index in [1.165, 1.54) is 0 Å². The van der Waals surface area contributed by atoms with Crippen LogP contribution >= 0.6 is 15.9 Å². The number of halogens is 1. The summed E-state index contributed by atoms with van der Waals surface area (Å²) in [5.41, 5.74) is 1.08. The van der Waals surface area contributed by atoms with Crippen LogP contribution in [0.4, 0.5) is 0 Å². The Hall–Kier alpha value is -1.23. The Balaban J connectivity index is 2.44. The highest BCUT2D eigenvalue weighted by atomic mass is 79.9. The predicted molar refractivity (Wildman–Crippen MR) is 79.6 cm³/mol. The van der Waals surface area contributed by atoms with Crippen molar-refractivity contribution in [2.45, 2.75) is 33.6 Å². The van der Waals surface area contributed by atoms with Crippen LogP contribution in [-0.4, -0.2) is 24.3 Å². The zero-order chi connectivity index (χ0) is 14.9. The lowest BCUT2D eigenvalue weighted by Crippen LogP contribution is -2.26. The molecule has 0 aromatic heterocycles. The van der Waals surface area contributed by atoms with Crippen LogP contribution in [0.3, 0.4) is 0 Å². The van der Waals surface area contributed by atoms with Gasteiger partial charge < -0.3 is 14.6 Å². The summed E-state index contributed by atoms with van der Waals surface area (Å²) in [5.74, 6) is 0.654. The molecule has 1 aliphatic heterocycles. The van der Waals surface area contributed by atoms with Crippen molar-refractivity contribution in [3.05, 3.63) is 21.7 Å². The van der Waals surface area contributed by atoms with E-state index >= 15 is 0 Å². The van der Waals surface area contributed by atoms with E-state index in [4.69, 9.17) is 9.47 Å². The molecule has 1 N–H and O–H groups in total. The summed E-state index contributed by atoms with van der Waals surface area (Å²) in [4.78, 5) is 11.3. The highest BCUT2D eigenvalue weighted by Crippen LogP contribution is 2.41. The fraction of sp³-hybridized carbons (Fsp3) is 0.533. The smallest absolute Gasteiger partial charge is 0.309 e. The molecule has 1 aromatic rings. The van der Waals surface area contributed by atoms with E-state index in [1.54, 1.807) is 13.8 Å². The van der Waals surface area contributed by atoms with Gasteiger partial charge in [0.05, 0.1) is 18.6 Å². The number of carbonyl (C=O) groups is 1. The summed E-state index contributed by atoms with van der Waals surface area (Å²) in [6.45, 7) is 6.66. The molecule has 0 fully saturated rings. The van der Waals surface area contributed by atoms with Gasteiger partial charge in [-0.2, -0.15) is 0 Å². The number of carboxylic acid groups (broad SMARTS) is 1. The van der Waals surface area contributed by atoms with Gasteiger partial charge in [-0.1, -0.05) is 15.9 Å². The molecule has 2 rings (SSSR count). The lowest BCUT2D eigenvalue weighted by atomic mass is 9.84. The highest BCUT2D eigenvalue weighted by molar-refractivity contribution is 9.10. The van der Waals surface area contributed by atoms with Crippen molar-refractivity contribution in [2.24, 2.45) is 5.41 Å². The van der Waals surface area contributed by atoms with Crippen LogP contribution in [0.2, 0.25) is 0 Å². The van der Waals surface area contributed by atoms with Gasteiger partial charge in [0.1, 0.15) is 0 Å². The second-order valence-corrected chi connectivity index (χ2v) is 6.56. The first-order chi connectivity index (χ1) is 9.33. The maximum atomic E-state index is 11.3. The van der Waals surface area contributed by atoms with E-state index in [2.05, 4.69) is 15.9 Å². The molecule has 0 bridgehead atoms. The van der Waals surface area contributed by atoms with Crippen LogP contribution in [0.5, 0.6) is 11.5 Å². The Bertz CT molecular complexity index is 537. The number of rotatable bonds is 3. The molecule has 0 radical (unpaired) electrons. The first-order valence-corrected chi connectivity index (χ1v) is 7.43. The van der Waals surface area contributed by atoms with Crippen molar-refractivity contribution in [1.29, 1.82) is 0 Å². The van der Waals surface area contributed by atoms with E-state index in [9.17, 15) is 9.90 Å². The third kappa shape index (κ3) is 2.92. The Morgan fingerprint density at radius 3 is 2.70 bits per heavy atom. The normalized spacial score (nSPS) is 14.8. The van der Waals surface area contributed by atoms with E-state index < -0.39 is 11.4 Å². The van der Waals surface area contributed by atoms with Gasteiger partial charge >= 0.3 is 5.97 Å². The minimum atomic E-state index is -0.826. The van der Waals surface area contributed by atoms with Crippen molar-refractivity contribution in [3.8, 4) is 11.5 Å². The van der Waals surface area contributed by atoms with Crippen LogP contribution in [-0.2, 0) is 11.2 Å². The molecular formula is C15H19BrO4.